The highest BCUT2D eigenvalue weighted by Crippen LogP contribution is 1.92. The first kappa shape index (κ1) is 9.88. The number of hydrogen-bond donors (Lipinski definition) is 2. The molecule has 2 N–H and O–H groups in total. The molecule has 0 bridgehead atoms. The average molecular weight is 147 g/mol. The Labute approximate surface area is 62.3 Å². The molecule has 0 aliphatic heterocycles. The van der Waals surface area contributed by atoms with Gasteiger partial charge in [0.1, 0.15) is 0 Å². The van der Waals surface area contributed by atoms with E-state index in [2.05, 4.69) is 18.7 Å². The Kier molecular flexibility index (Phi) is 5.58. The minimum absolute atomic E-state index is 0.446. The molecule has 0 heterocycles. The lowest BCUT2D eigenvalue weighted by Gasteiger charge is -2.17. The molecule has 0 aliphatic carbocycles. The lowest BCUT2D eigenvalue weighted by Crippen LogP contribution is -2.26. The maximum Gasteiger partial charge on any atom is 0.152 e. The molecule has 0 atom stereocenters. The molecule has 0 amide bonds. The normalized spacial score (nSPS) is 11.4. The molecule has 0 radical (unpaired) electrons. The van der Waals surface area contributed by atoms with Gasteiger partial charge in [0.2, 0.25) is 0 Å². The van der Waals surface area contributed by atoms with Crippen LogP contribution in [0.15, 0.2) is 0 Å². The Hall–Kier alpha value is -0.120. The van der Waals surface area contributed by atoms with E-state index < -0.39 is 6.29 Å². The molecule has 3 heteroatoms. The maximum absolute atomic E-state index is 8.52. The molecule has 0 saturated carbocycles. The highest BCUT2D eigenvalue weighted by molar-refractivity contribution is 4.52. The summed E-state index contributed by atoms with van der Waals surface area (Å²) in [5.41, 5.74) is 0. The fourth-order valence-corrected chi connectivity index (χ4v) is 0.838. The number of aliphatic hydroxyl groups excluding tert-OH is 1. The van der Waals surface area contributed by atoms with Gasteiger partial charge in [0.05, 0.1) is 0 Å². The minimum atomic E-state index is -1.15. The van der Waals surface area contributed by atoms with Crippen LogP contribution < -0.4 is 0 Å². The van der Waals surface area contributed by atoms with Gasteiger partial charge in [-0.2, -0.15) is 0 Å². The Balaban J connectivity index is 3.26. The van der Waals surface area contributed by atoms with Gasteiger partial charge in [-0.05, 0) is 13.1 Å². The van der Waals surface area contributed by atoms with Gasteiger partial charge in [0.25, 0.3) is 0 Å². The maximum atomic E-state index is 8.52. The van der Waals surface area contributed by atoms with Crippen molar-refractivity contribution in [2.75, 3.05) is 19.6 Å². The number of rotatable bonds is 5. The first-order valence-electron chi connectivity index (χ1n) is 3.79. The van der Waals surface area contributed by atoms with Gasteiger partial charge in [0.15, 0.2) is 6.29 Å². The van der Waals surface area contributed by atoms with Crippen LogP contribution in [0.3, 0.4) is 0 Å². The zero-order chi connectivity index (χ0) is 7.98. The Bertz CT molecular complexity index is 72.0. The summed E-state index contributed by atoms with van der Waals surface area (Å²) in [4.78, 5) is 2.15. The third-order valence-electron chi connectivity index (χ3n) is 1.60. The summed E-state index contributed by atoms with van der Waals surface area (Å²) < 4.78 is 0. The van der Waals surface area contributed by atoms with Gasteiger partial charge in [-0.3, -0.25) is 0 Å². The highest BCUT2D eigenvalue weighted by atomic mass is 16.5. The molecule has 0 unspecified atom stereocenters. The number of hydrogen-bond acceptors (Lipinski definition) is 3. The quantitative estimate of drug-likeness (QED) is 0.539. The Morgan fingerprint density at radius 2 is 1.70 bits per heavy atom. The molecule has 0 rings (SSSR count). The molecule has 0 fully saturated rings. The first-order valence-corrected chi connectivity index (χ1v) is 3.79. The summed E-state index contributed by atoms with van der Waals surface area (Å²) in [5.74, 6) is 0. The first-order chi connectivity index (χ1) is 4.70. The summed E-state index contributed by atoms with van der Waals surface area (Å²) in [7, 11) is 0. The van der Waals surface area contributed by atoms with Gasteiger partial charge >= 0.3 is 0 Å². The van der Waals surface area contributed by atoms with Crippen LogP contribution in [0.1, 0.15) is 20.3 Å². The Morgan fingerprint density at radius 1 is 1.20 bits per heavy atom. The standard InChI is InChI=1S/C7H17NO2/c1-3-8(4-2)6-5-7(9)10/h7,9-10H,3-6H2,1-2H3. The van der Waals surface area contributed by atoms with Crippen molar-refractivity contribution in [1.29, 1.82) is 0 Å². The molecular formula is C7H17NO2. The van der Waals surface area contributed by atoms with E-state index in [9.17, 15) is 0 Å². The van der Waals surface area contributed by atoms with Crippen LogP contribution in [0.4, 0.5) is 0 Å². The summed E-state index contributed by atoms with van der Waals surface area (Å²) in [6.45, 7) is 6.84. The summed E-state index contributed by atoms with van der Waals surface area (Å²) in [6.07, 6.45) is -0.706. The van der Waals surface area contributed by atoms with Crippen LogP contribution in [0.5, 0.6) is 0 Å². The largest absolute Gasteiger partial charge is 0.368 e. The molecule has 0 aromatic carbocycles. The van der Waals surface area contributed by atoms with Crippen molar-refractivity contribution in [3.63, 3.8) is 0 Å². The van der Waals surface area contributed by atoms with Gasteiger partial charge in [-0.1, -0.05) is 13.8 Å². The van der Waals surface area contributed by atoms with Crippen LogP contribution >= 0.6 is 0 Å². The summed E-state index contributed by atoms with van der Waals surface area (Å²) in [5, 5.41) is 17.0. The molecule has 62 valence electrons. The second-order valence-electron chi connectivity index (χ2n) is 2.30. The topological polar surface area (TPSA) is 43.7 Å². The fraction of sp³-hybridized carbons (Fsp3) is 1.00. The second-order valence-corrected chi connectivity index (χ2v) is 2.30. The molecule has 0 aromatic heterocycles. The van der Waals surface area contributed by atoms with Crippen LogP contribution in [0, 0.1) is 0 Å². The lowest BCUT2D eigenvalue weighted by molar-refractivity contribution is -0.0498. The predicted molar refractivity (Wildman–Crippen MR) is 40.6 cm³/mol. The lowest BCUT2D eigenvalue weighted by atomic mass is 10.3. The third-order valence-corrected chi connectivity index (χ3v) is 1.60. The van der Waals surface area contributed by atoms with E-state index in [4.69, 9.17) is 10.2 Å². The smallest absolute Gasteiger partial charge is 0.152 e. The molecule has 0 saturated heterocycles. The molecular weight excluding hydrogens is 130 g/mol. The molecule has 0 aliphatic rings. The van der Waals surface area contributed by atoms with E-state index in [1.165, 1.54) is 0 Å². The van der Waals surface area contributed by atoms with Crippen molar-refractivity contribution >= 4 is 0 Å². The van der Waals surface area contributed by atoms with E-state index >= 15 is 0 Å². The van der Waals surface area contributed by atoms with E-state index in [0.717, 1.165) is 19.6 Å². The predicted octanol–water partition coefficient (Wildman–Crippen LogP) is 0.0290. The molecule has 3 nitrogen and oxygen atoms in total. The molecule has 0 aromatic rings. The minimum Gasteiger partial charge on any atom is -0.368 e. The van der Waals surface area contributed by atoms with Gasteiger partial charge in [-0.15, -0.1) is 0 Å². The van der Waals surface area contributed by atoms with E-state index in [1.54, 1.807) is 0 Å². The zero-order valence-electron chi connectivity index (χ0n) is 6.75. The van der Waals surface area contributed by atoms with E-state index in [-0.39, 0.29) is 0 Å². The average Bonchev–Trinajstić information content (AvgIpc) is 1.90. The molecule has 10 heavy (non-hydrogen) atoms. The molecule has 0 spiro atoms. The van der Waals surface area contributed by atoms with Crippen molar-refractivity contribution in [2.24, 2.45) is 0 Å². The fourth-order valence-electron chi connectivity index (χ4n) is 0.838. The van der Waals surface area contributed by atoms with E-state index in [1.807, 2.05) is 0 Å². The van der Waals surface area contributed by atoms with Crippen molar-refractivity contribution in [3.05, 3.63) is 0 Å². The number of nitrogens with zero attached hydrogens (tertiary/aromatic N) is 1. The monoisotopic (exact) mass is 147 g/mol. The second kappa shape index (κ2) is 5.65. The van der Waals surface area contributed by atoms with Gasteiger partial charge in [-0.25, -0.2) is 0 Å². The van der Waals surface area contributed by atoms with E-state index in [0.29, 0.717) is 6.42 Å². The van der Waals surface area contributed by atoms with Crippen molar-refractivity contribution < 1.29 is 10.2 Å². The SMILES string of the molecule is CCN(CC)CCC(O)O. The Morgan fingerprint density at radius 3 is 2.00 bits per heavy atom. The van der Waals surface area contributed by atoms with Crippen LogP contribution in [-0.4, -0.2) is 41.0 Å². The van der Waals surface area contributed by atoms with Crippen LogP contribution in [0.2, 0.25) is 0 Å². The third kappa shape index (κ3) is 4.73. The van der Waals surface area contributed by atoms with Crippen LogP contribution in [0.25, 0.3) is 0 Å². The van der Waals surface area contributed by atoms with Crippen molar-refractivity contribution in [3.8, 4) is 0 Å². The van der Waals surface area contributed by atoms with Gasteiger partial charge in [0, 0.05) is 13.0 Å². The zero-order valence-corrected chi connectivity index (χ0v) is 6.75. The summed E-state index contributed by atoms with van der Waals surface area (Å²) >= 11 is 0. The summed E-state index contributed by atoms with van der Waals surface area (Å²) in [6, 6.07) is 0. The van der Waals surface area contributed by atoms with Crippen molar-refractivity contribution in [2.45, 2.75) is 26.6 Å². The highest BCUT2D eigenvalue weighted by Gasteiger charge is 2.01. The van der Waals surface area contributed by atoms with Crippen LogP contribution in [-0.2, 0) is 0 Å². The van der Waals surface area contributed by atoms with Crippen molar-refractivity contribution in [1.82, 2.24) is 4.90 Å². The number of aliphatic hydroxyl groups is 2. The van der Waals surface area contributed by atoms with Gasteiger partial charge < -0.3 is 15.1 Å².